The quantitative estimate of drug-likeness (QED) is 0.747. The summed E-state index contributed by atoms with van der Waals surface area (Å²) in [6, 6.07) is 0. The Labute approximate surface area is 126 Å². The lowest BCUT2D eigenvalue weighted by Crippen LogP contribution is -2.47. The van der Waals surface area contributed by atoms with E-state index in [-0.39, 0.29) is 5.60 Å². The number of hydrogen-bond acceptors (Lipinski definition) is 2. The fourth-order valence-electron chi connectivity index (χ4n) is 4.03. The van der Waals surface area contributed by atoms with Crippen LogP contribution in [0.1, 0.15) is 72.1 Å². The van der Waals surface area contributed by atoms with E-state index in [1.165, 1.54) is 51.4 Å². The zero-order valence-corrected chi connectivity index (χ0v) is 13.9. The predicted octanol–water partition coefficient (Wildman–Crippen LogP) is 4.39. The lowest BCUT2D eigenvalue weighted by molar-refractivity contribution is -0.0906. The summed E-state index contributed by atoms with van der Waals surface area (Å²) in [4.78, 5) is 0. The van der Waals surface area contributed by atoms with Gasteiger partial charge in [0.2, 0.25) is 0 Å². The van der Waals surface area contributed by atoms with Crippen LogP contribution in [0.15, 0.2) is 0 Å². The van der Waals surface area contributed by atoms with Crippen LogP contribution in [0.3, 0.4) is 0 Å². The highest BCUT2D eigenvalue weighted by molar-refractivity contribution is 4.90. The third-order valence-electron chi connectivity index (χ3n) is 5.68. The van der Waals surface area contributed by atoms with Crippen LogP contribution in [-0.2, 0) is 4.74 Å². The third-order valence-corrected chi connectivity index (χ3v) is 5.68. The van der Waals surface area contributed by atoms with Crippen LogP contribution in [0.4, 0.5) is 0 Å². The molecule has 2 aliphatic carbocycles. The van der Waals surface area contributed by atoms with Crippen LogP contribution < -0.4 is 5.32 Å². The number of hydrogen-bond donors (Lipinski definition) is 1. The topological polar surface area (TPSA) is 21.3 Å². The normalized spacial score (nSPS) is 32.1. The predicted molar refractivity (Wildman–Crippen MR) is 86.0 cm³/mol. The zero-order valence-electron chi connectivity index (χ0n) is 13.9. The smallest absolute Gasteiger partial charge is 0.0806 e. The Hall–Kier alpha value is -0.0800. The minimum Gasteiger partial charge on any atom is -0.373 e. The number of rotatable bonds is 7. The highest BCUT2D eigenvalue weighted by Gasteiger charge is 2.37. The highest BCUT2D eigenvalue weighted by Crippen LogP contribution is 2.39. The molecule has 0 radical (unpaired) electrons. The summed E-state index contributed by atoms with van der Waals surface area (Å²) in [6.45, 7) is 10.1. The average Bonchev–Trinajstić information content (AvgIpc) is 2.97. The SMILES string of the molecule is CCNCC1(OCC2CCCC2)CCC(C(C)C)CC1. The van der Waals surface area contributed by atoms with Crippen molar-refractivity contribution in [3.8, 4) is 0 Å². The van der Waals surface area contributed by atoms with Crippen LogP contribution in [0.25, 0.3) is 0 Å². The van der Waals surface area contributed by atoms with Gasteiger partial charge in [0.1, 0.15) is 0 Å². The molecule has 1 N–H and O–H groups in total. The molecule has 0 atom stereocenters. The summed E-state index contributed by atoms with van der Waals surface area (Å²) in [7, 11) is 0. The van der Waals surface area contributed by atoms with E-state index in [0.29, 0.717) is 0 Å². The van der Waals surface area contributed by atoms with Crippen molar-refractivity contribution in [1.29, 1.82) is 0 Å². The average molecular weight is 281 g/mol. The highest BCUT2D eigenvalue weighted by atomic mass is 16.5. The summed E-state index contributed by atoms with van der Waals surface area (Å²) in [5.74, 6) is 2.60. The van der Waals surface area contributed by atoms with Crippen molar-refractivity contribution in [3.05, 3.63) is 0 Å². The van der Waals surface area contributed by atoms with Gasteiger partial charge in [-0.1, -0.05) is 33.6 Å². The third kappa shape index (κ3) is 4.46. The summed E-state index contributed by atoms with van der Waals surface area (Å²) in [6.07, 6.45) is 10.9. The Kier molecular flexibility index (Phi) is 6.35. The van der Waals surface area contributed by atoms with Crippen molar-refractivity contribution in [1.82, 2.24) is 5.32 Å². The lowest BCUT2D eigenvalue weighted by atomic mass is 9.74. The standard InChI is InChI=1S/C18H35NO/c1-4-19-14-18(20-13-16-7-5-6-8-16)11-9-17(10-12-18)15(2)3/h15-17,19H,4-14H2,1-3H3. The summed E-state index contributed by atoms with van der Waals surface area (Å²) >= 11 is 0. The van der Waals surface area contributed by atoms with Gasteiger partial charge in [-0.15, -0.1) is 0 Å². The van der Waals surface area contributed by atoms with E-state index in [1.54, 1.807) is 0 Å². The number of ether oxygens (including phenoxy) is 1. The van der Waals surface area contributed by atoms with Gasteiger partial charge in [-0.2, -0.15) is 0 Å². The molecule has 2 aliphatic rings. The number of nitrogens with one attached hydrogen (secondary N) is 1. The molecular weight excluding hydrogens is 246 g/mol. The molecule has 0 unspecified atom stereocenters. The molecule has 0 aromatic carbocycles. The van der Waals surface area contributed by atoms with E-state index in [9.17, 15) is 0 Å². The minimum atomic E-state index is 0.143. The van der Waals surface area contributed by atoms with Crippen LogP contribution in [0.5, 0.6) is 0 Å². The Balaban J connectivity index is 1.85. The van der Waals surface area contributed by atoms with Gasteiger partial charge >= 0.3 is 0 Å². The Morgan fingerprint density at radius 2 is 1.75 bits per heavy atom. The minimum absolute atomic E-state index is 0.143. The van der Waals surface area contributed by atoms with E-state index in [4.69, 9.17) is 4.74 Å². The maximum absolute atomic E-state index is 6.52. The fraction of sp³-hybridized carbons (Fsp3) is 1.00. The molecular formula is C18H35NO. The number of likely N-dealkylation sites (N-methyl/N-ethyl adjacent to an activating group) is 1. The summed E-state index contributed by atoms with van der Waals surface area (Å²) < 4.78 is 6.52. The summed E-state index contributed by atoms with van der Waals surface area (Å²) in [5.41, 5.74) is 0.143. The maximum atomic E-state index is 6.52. The molecule has 0 bridgehead atoms. The fourth-order valence-corrected chi connectivity index (χ4v) is 4.03. The molecule has 0 aliphatic heterocycles. The molecule has 2 fully saturated rings. The molecule has 2 rings (SSSR count). The van der Waals surface area contributed by atoms with Crippen molar-refractivity contribution in [2.75, 3.05) is 19.7 Å². The molecule has 0 aromatic heterocycles. The van der Waals surface area contributed by atoms with Gasteiger partial charge < -0.3 is 10.1 Å². The molecule has 2 heteroatoms. The van der Waals surface area contributed by atoms with Crippen LogP contribution in [-0.4, -0.2) is 25.3 Å². The van der Waals surface area contributed by atoms with Gasteiger partial charge in [0, 0.05) is 6.54 Å². The van der Waals surface area contributed by atoms with Crippen molar-refractivity contribution in [2.45, 2.75) is 77.7 Å². The van der Waals surface area contributed by atoms with Crippen LogP contribution >= 0.6 is 0 Å². The van der Waals surface area contributed by atoms with Crippen molar-refractivity contribution >= 4 is 0 Å². The van der Waals surface area contributed by atoms with E-state index in [0.717, 1.165) is 37.5 Å². The molecule has 0 spiro atoms. The van der Waals surface area contributed by atoms with Crippen LogP contribution in [0, 0.1) is 17.8 Å². The monoisotopic (exact) mass is 281 g/mol. The van der Waals surface area contributed by atoms with Gasteiger partial charge in [-0.05, 0) is 62.8 Å². The second-order valence-electron chi connectivity index (χ2n) is 7.51. The maximum Gasteiger partial charge on any atom is 0.0806 e. The summed E-state index contributed by atoms with van der Waals surface area (Å²) in [5, 5.41) is 3.55. The van der Waals surface area contributed by atoms with Gasteiger partial charge in [-0.25, -0.2) is 0 Å². The molecule has 2 saturated carbocycles. The second kappa shape index (κ2) is 7.79. The Morgan fingerprint density at radius 3 is 2.30 bits per heavy atom. The van der Waals surface area contributed by atoms with E-state index in [1.807, 2.05) is 0 Å². The van der Waals surface area contributed by atoms with Crippen molar-refractivity contribution in [3.63, 3.8) is 0 Å². The van der Waals surface area contributed by atoms with Crippen molar-refractivity contribution in [2.24, 2.45) is 17.8 Å². The first-order valence-electron chi connectivity index (χ1n) is 9.00. The van der Waals surface area contributed by atoms with Gasteiger partial charge in [0.15, 0.2) is 0 Å². The van der Waals surface area contributed by atoms with Gasteiger partial charge in [0.05, 0.1) is 12.2 Å². The van der Waals surface area contributed by atoms with E-state index < -0.39 is 0 Å². The van der Waals surface area contributed by atoms with Gasteiger partial charge in [-0.3, -0.25) is 0 Å². The van der Waals surface area contributed by atoms with Gasteiger partial charge in [0.25, 0.3) is 0 Å². The Bertz CT molecular complexity index is 263. The first-order chi connectivity index (χ1) is 9.65. The van der Waals surface area contributed by atoms with E-state index >= 15 is 0 Å². The first kappa shape index (κ1) is 16.3. The van der Waals surface area contributed by atoms with Crippen molar-refractivity contribution < 1.29 is 4.74 Å². The molecule has 0 saturated heterocycles. The second-order valence-corrected chi connectivity index (χ2v) is 7.51. The van der Waals surface area contributed by atoms with E-state index in [2.05, 4.69) is 26.1 Å². The molecule has 20 heavy (non-hydrogen) atoms. The van der Waals surface area contributed by atoms with Crippen LogP contribution in [0.2, 0.25) is 0 Å². The zero-order chi connectivity index (χ0) is 14.4. The Morgan fingerprint density at radius 1 is 1.10 bits per heavy atom. The molecule has 0 heterocycles. The first-order valence-corrected chi connectivity index (χ1v) is 9.00. The molecule has 2 nitrogen and oxygen atoms in total. The molecule has 0 aromatic rings. The lowest BCUT2D eigenvalue weighted by Gasteiger charge is -2.42. The largest absolute Gasteiger partial charge is 0.373 e. The molecule has 0 amide bonds. The molecule has 118 valence electrons.